The fourth-order valence-corrected chi connectivity index (χ4v) is 2.02. The van der Waals surface area contributed by atoms with Gasteiger partial charge in [-0.25, -0.2) is 4.68 Å². The molecule has 1 aromatic carbocycles. The van der Waals surface area contributed by atoms with Crippen molar-refractivity contribution in [3.63, 3.8) is 0 Å². The lowest BCUT2D eigenvalue weighted by Gasteiger charge is -2.08. The quantitative estimate of drug-likeness (QED) is 0.752. The second-order valence-corrected chi connectivity index (χ2v) is 4.74. The van der Waals surface area contributed by atoms with Crippen LogP contribution in [0.4, 0.5) is 0 Å². The molecule has 5 heteroatoms. The van der Waals surface area contributed by atoms with E-state index in [9.17, 15) is 0 Å². The summed E-state index contributed by atoms with van der Waals surface area (Å²) < 4.78 is 7.45. The first-order chi connectivity index (χ1) is 9.85. The Hall–Kier alpha value is -1.88. The normalized spacial score (nSPS) is 10.7. The Morgan fingerprint density at radius 3 is 2.65 bits per heavy atom. The third-order valence-electron chi connectivity index (χ3n) is 3.18. The molecule has 0 radical (unpaired) electrons. The second kappa shape index (κ2) is 7.65. The number of nitrogens with two attached hydrogens (primary N) is 1. The third kappa shape index (κ3) is 3.81. The molecule has 0 bridgehead atoms. The Morgan fingerprint density at radius 2 is 1.95 bits per heavy atom. The first-order valence-electron chi connectivity index (χ1n) is 7.18. The van der Waals surface area contributed by atoms with Crippen molar-refractivity contribution >= 4 is 0 Å². The van der Waals surface area contributed by atoms with Gasteiger partial charge in [0.25, 0.3) is 0 Å². The highest BCUT2D eigenvalue weighted by Crippen LogP contribution is 2.16. The molecule has 0 amide bonds. The van der Waals surface area contributed by atoms with Gasteiger partial charge in [0.05, 0.1) is 24.2 Å². The highest BCUT2D eigenvalue weighted by molar-refractivity contribution is 5.37. The van der Waals surface area contributed by atoms with E-state index < -0.39 is 0 Å². The van der Waals surface area contributed by atoms with Crippen LogP contribution >= 0.6 is 0 Å². The predicted octanol–water partition coefficient (Wildman–Crippen LogP) is 2.69. The van der Waals surface area contributed by atoms with Crippen LogP contribution < -0.4 is 10.5 Å². The van der Waals surface area contributed by atoms with E-state index >= 15 is 0 Å². The number of ether oxygens (including phenoxy) is 1. The molecule has 1 heterocycles. The van der Waals surface area contributed by atoms with Gasteiger partial charge >= 0.3 is 0 Å². The molecule has 5 nitrogen and oxygen atoms in total. The van der Waals surface area contributed by atoms with E-state index in [1.807, 2.05) is 24.3 Å². The van der Waals surface area contributed by atoms with E-state index in [4.69, 9.17) is 10.5 Å². The monoisotopic (exact) mass is 274 g/mol. The molecule has 0 saturated carbocycles. The summed E-state index contributed by atoms with van der Waals surface area (Å²) in [6.45, 7) is 3.40. The van der Waals surface area contributed by atoms with Crippen LogP contribution in [0.5, 0.6) is 5.75 Å². The van der Waals surface area contributed by atoms with Crippen molar-refractivity contribution in [2.45, 2.75) is 39.2 Å². The molecule has 0 spiro atoms. The lowest BCUT2D eigenvalue weighted by Crippen LogP contribution is -2.06. The van der Waals surface area contributed by atoms with Crippen LogP contribution in [0.25, 0.3) is 5.69 Å². The molecular weight excluding hydrogens is 252 g/mol. The van der Waals surface area contributed by atoms with E-state index in [1.165, 1.54) is 19.3 Å². The van der Waals surface area contributed by atoms with Gasteiger partial charge in [-0.05, 0) is 30.7 Å². The van der Waals surface area contributed by atoms with Gasteiger partial charge in [0, 0.05) is 6.54 Å². The maximum atomic E-state index is 5.71. The lowest BCUT2D eigenvalue weighted by atomic mass is 10.2. The van der Waals surface area contributed by atoms with E-state index in [0.29, 0.717) is 6.54 Å². The third-order valence-corrected chi connectivity index (χ3v) is 3.18. The number of nitrogens with zero attached hydrogens (tertiary/aromatic N) is 3. The SMILES string of the molecule is CCCCCCOc1ccc(-n2nncc2CN)cc1. The van der Waals surface area contributed by atoms with E-state index in [2.05, 4.69) is 17.2 Å². The van der Waals surface area contributed by atoms with Crippen molar-refractivity contribution in [1.29, 1.82) is 0 Å². The number of hydrogen-bond donors (Lipinski definition) is 1. The van der Waals surface area contributed by atoms with Gasteiger partial charge < -0.3 is 10.5 Å². The zero-order valence-electron chi connectivity index (χ0n) is 12.0. The maximum Gasteiger partial charge on any atom is 0.119 e. The Morgan fingerprint density at radius 1 is 1.15 bits per heavy atom. The van der Waals surface area contributed by atoms with Crippen molar-refractivity contribution in [2.24, 2.45) is 5.73 Å². The summed E-state index contributed by atoms with van der Waals surface area (Å²) in [6, 6.07) is 7.85. The summed E-state index contributed by atoms with van der Waals surface area (Å²) in [5.41, 5.74) is 7.48. The predicted molar refractivity (Wildman–Crippen MR) is 78.9 cm³/mol. The van der Waals surface area contributed by atoms with Crippen LogP contribution in [0.3, 0.4) is 0 Å². The number of benzene rings is 1. The molecule has 2 N–H and O–H groups in total. The molecule has 0 unspecified atom stereocenters. The zero-order valence-corrected chi connectivity index (χ0v) is 12.0. The second-order valence-electron chi connectivity index (χ2n) is 4.74. The van der Waals surface area contributed by atoms with Crippen molar-refractivity contribution in [2.75, 3.05) is 6.61 Å². The van der Waals surface area contributed by atoms with Crippen molar-refractivity contribution in [3.05, 3.63) is 36.2 Å². The summed E-state index contributed by atoms with van der Waals surface area (Å²) >= 11 is 0. The lowest BCUT2D eigenvalue weighted by molar-refractivity contribution is 0.305. The minimum Gasteiger partial charge on any atom is -0.494 e. The van der Waals surface area contributed by atoms with Gasteiger partial charge in [-0.15, -0.1) is 5.10 Å². The molecule has 0 atom stereocenters. The number of hydrogen-bond acceptors (Lipinski definition) is 4. The van der Waals surface area contributed by atoms with Crippen LogP contribution in [0, 0.1) is 0 Å². The molecule has 0 aliphatic rings. The van der Waals surface area contributed by atoms with Crippen molar-refractivity contribution in [1.82, 2.24) is 15.0 Å². The fourth-order valence-electron chi connectivity index (χ4n) is 2.02. The van der Waals surface area contributed by atoms with Gasteiger partial charge in [0.15, 0.2) is 0 Å². The zero-order chi connectivity index (χ0) is 14.2. The summed E-state index contributed by atoms with van der Waals surface area (Å²) in [7, 11) is 0. The molecule has 2 rings (SSSR count). The molecule has 0 fully saturated rings. The molecule has 1 aromatic heterocycles. The molecule has 0 aliphatic carbocycles. The fraction of sp³-hybridized carbons (Fsp3) is 0.467. The maximum absolute atomic E-state index is 5.71. The largest absolute Gasteiger partial charge is 0.494 e. The minimum absolute atomic E-state index is 0.419. The van der Waals surface area contributed by atoms with Crippen LogP contribution in [-0.2, 0) is 6.54 Å². The highest BCUT2D eigenvalue weighted by Gasteiger charge is 2.04. The van der Waals surface area contributed by atoms with Gasteiger partial charge in [0.2, 0.25) is 0 Å². The molecule has 0 aliphatic heterocycles. The van der Waals surface area contributed by atoms with Gasteiger partial charge in [-0.1, -0.05) is 31.4 Å². The van der Waals surface area contributed by atoms with Crippen molar-refractivity contribution in [3.8, 4) is 11.4 Å². The minimum atomic E-state index is 0.419. The average Bonchev–Trinajstić information content (AvgIpc) is 2.96. The van der Waals surface area contributed by atoms with E-state index in [0.717, 1.165) is 30.2 Å². The van der Waals surface area contributed by atoms with Gasteiger partial charge in [-0.2, -0.15) is 0 Å². The highest BCUT2D eigenvalue weighted by atomic mass is 16.5. The van der Waals surface area contributed by atoms with Crippen LogP contribution in [0.2, 0.25) is 0 Å². The first kappa shape index (κ1) is 14.5. The number of rotatable bonds is 8. The smallest absolute Gasteiger partial charge is 0.119 e. The summed E-state index contributed by atoms with van der Waals surface area (Å²) in [6.07, 6.45) is 6.54. The van der Waals surface area contributed by atoms with Gasteiger partial charge in [-0.3, -0.25) is 0 Å². The van der Waals surface area contributed by atoms with Crippen molar-refractivity contribution < 1.29 is 4.74 Å². The Bertz CT molecular complexity index is 507. The molecule has 2 aromatic rings. The van der Waals surface area contributed by atoms with Crippen LogP contribution in [-0.4, -0.2) is 21.6 Å². The van der Waals surface area contributed by atoms with Crippen LogP contribution in [0.1, 0.15) is 38.3 Å². The Balaban J connectivity index is 1.90. The Labute approximate surface area is 119 Å². The standard InChI is InChI=1S/C15H22N4O/c1-2-3-4-5-10-20-15-8-6-13(7-9-15)19-14(11-16)12-17-18-19/h6-9,12H,2-5,10-11,16H2,1H3. The summed E-state index contributed by atoms with van der Waals surface area (Å²) in [5, 5.41) is 7.90. The molecule has 20 heavy (non-hydrogen) atoms. The average molecular weight is 274 g/mol. The Kier molecular flexibility index (Phi) is 5.55. The molecule has 0 saturated heterocycles. The van der Waals surface area contributed by atoms with Crippen LogP contribution in [0.15, 0.2) is 30.5 Å². The van der Waals surface area contributed by atoms with E-state index in [-0.39, 0.29) is 0 Å². The number of aromatic nitrogens is 3. The summed E-state index contributed by atoms with van der Waals surface area (Å²) in [5.74, 6) is 0.889. The molecular formula is C15H22N4O. The van der Waals surface area contributed by atoms with E-state index in [1.54, 1.807) is 10.9 Å². The number of unbranched alkanes of at least 4 members (excludes halogenated alkanes) is 3. The molecule has 108 valence electrons. The topological polar surface area (TPSA) is 66.0 Å². The van der Waals surface area contributed by atoms with Gasteiger partial charge in [0.1, 0.15) is 5.75 Å². The first-order valence-corrected chi connectivity index (χ1v) is 7.18. The summed E-state index contributed by atoms with van der Waals surface area (Å²) in [4.78, 5) is 0.